The van der Waals surface area contributed by atoms with Gasteiger partial charge in [-0.05, 0) is 23.6 Å². The third-order valence-electron chi connectivity index (χ3n) is 2.20. The number of carbonyl (C=O) groups is 1. The molecule has 1 N–H and O–H groups in total. The lowest BCUT2D eigenvalue weighted by Crippen LogP contribution is -1.87. The Bertz CT molecular complexity index is 397. The molecule has 0 bridgehead atoms. The molecule has 1 rings (SSSR count). The van der Waals surface area contributed by atoms with Crippen LogP contribution < -0.4 is 0 Å². The van der Waals surface area contributed by atoms with Gasteiger partial charge in [0.2, 0.25) is 0 Å². The van der Waals surface area contributed by atoms with Gasteiger partial charge in [-0.25, -0.2) is 0 Å². The molecule has 3 heteroatoms. The van der Waals surface area contributed by atoms with Crippen molar-refractivity contribution in [3.05, 3.63) is 41.0 Å². The van der Waals surface area contributed by atoms with Crippen molar-refractivity contribution in [3.63, 3.8) is 0 Å². The first-order valence-electron chi connectivity index (χ1n) is 5.13. The summed E-state index contributed by atoms with van der Waals surface area (Å²) in [6, 6.07) is 5.86. The maximum absolute atomic E-state index is 10.7. The quantitative estimate of drug-likeness (QED) is 0.873. The van der Waals surface area contributed by atoms with Crippen LogP contribution in [0, 0.1) is 6.92 Å². The SMILES string of the molecule is CC(=O)SCC=Cc1ccc(CO)cc1C. The van der Waals surface area contributed by atoms with E-state index in [9.17, 15) is 4.79 Å². The maximum atomic E-state index is 10.7. The lowest BCUT2D eigenvalue weighted by molar-refractivity contribution is -0.109. The van der Waals surface area contributed by atoms with Crippen LogP contribution in [0.3, 0.4) is 0 Å². The maximum Gasteiger partial charge on any atom is 0.186 e. The van der Waals surface area contributed by atoms with E-state index in [4.69, 9.17) is 5.11 Å². The van der Waals surface area contributed by atoms with Crippen LogP contribution in [0.4, 0.5) is 0 Å². The number of aliphatic hydroxyl groups is 1. The standard InChI is InChI=1S/C13H16O2S/c1-10-8-12(9-14)5-6-13(10)4-3-7-16-11(2)15/h3-6,8,14H,7,9H2,1-2H3. The molecule has 0 aromatic heterocycles. The third-order valence-corrected chi connectivity index (χ3v) is 2.96. The Kier molecular flexibility index (Phi) is 5.29. The fourth-order valence-electron chi connectivity index (χ4n) is 1.36. The molecule has 86 valence electrons. The van der Waals surface area contributed by atoms with E-state index < -0.39 is 0 Å². The van der Waals surface area contributed by atoms with Crippen molar-refractivity contribution in [3.8, 4) is 0 Å². The Morgan fingerprint density at radius 2 is 2.25 bits per heavy atom. The number of aryl methyl sites for hydroxylation is 1. The minimum Gasteiger partial charge on any atom is -0.392 e. The second-order valence-corrected chi connectivity index (χ2v) is 4.75. The van der Waals surface area contributed by atoms with Gasteiger partial charge in [0.15, 0.2) is 5.12 Å². The fourth-order valence-corrected chi connectivity index (χ4v) is 1.79. The largest absolute Gasteiger partial charge is 0.392 e. The number of hydrogen-bond donors (Lipinski definition) is 1. The van der Waals surface area contributed by atoms with Gasteiger partial charge >= 0.3 is 0 Å². The molecule has 1 aromatic rings. The summed E-state index contributed by atoms with van der Waals surface area (Å²) in [5.74, 6) is 0.705. The third kappa shape index (κ3) is 4.21. The topological polar surface area (TPSA) is 37.3 Å². The van der Waals surface area contributed by atoms with E-state index in [-0.39, 0.29) is 11.7 Å². The van der Waals surface area contributed by atoms with Gasteiger partial charge in [-0.1, -0.05) is 42.1 Å². The Morgan fingerprint density at radius 3 is 2.81 bits per heavy atom. The molecule has 0 spiro atoms. The number of thioether (sulfide) groups is 1. The van der Waals surface area contributed by atoms with Crippen molar-refractivity contribution in [2.24, 2.45) is 0 Å². The summed E-state index contributed by atoms with van der Waals surface area (Å²) in [7, 11) is 0. The molecule has 0 unspecified atom stereocenters. The van der Waals surface area contributed by atoms with E-state index >= 15 is 0 Å². The highest BCUT2D eigenvalue weighted by atomic mass is 32.2. The van der Waals surface area contributed by atoms with Gasteiger partial charge in [-0.15, -0.1) is 0 Å². The lowest BCUT2D eigenvalue weighted by atomic mass is 10.1. The fraction of sp³-hybridized carbons (Fsp3) is 0.308. The molecule has 0 aliphatic rings. The van der Waals surface area contributed by atoms with Crippen LogP contribution in [0.2, 0.25) is 0 Å². The van der Waals surface area contributed by atoms with E-state index in [2.05, 4.69) is 0 Å². The van der Waals surface area contributed by atoms with Crippen molar-refractivity contribution in [1.82, 2.24) is 0 Å². The molecule has 0 heterocycles. The van der Waals surface area contributed by atoms with Gasteiger partial charge in [0.1, 0.15) is 0 Å². The number of aliphatic hydroxyl groups excluding tert-OH is 1. The van der Waals surface area contributed by atoms with Gasteiger partial charge in [-0.2, -0.15) is 0 Å². The molecule has 0 amide bonds. The molecule has 0 fully saturated rings. The molecule has 0 atom stereocenters. The van der Waals surface area contributed by atoms with E-state index in [0.717, 1.165) is 16.7 Å². The van der Waals surface area contributed by atoms with Crippen LogP contribution in [0.1, 0.15) is 23.6 Å². The minimum atomic E-state index is 0.0744. The predicted molar refractivity (Wildman–Crippen MR) is 69.3 cm³/mol. The monoisotopic (exact) mass is 236 g/mol. The molecule has 0 saturated heterocycles. The van der Waals surface area contributed by atoms with Crippen molar-refractivity contribution >= 4 is 23.0 Å². The van der Waals surface area contributed by atoms with Crippen molar-refractivity contribution in [1.29, 1.82) is 0 Å². The molecule has 0 saturated carbocycles. The van der Waals surface area contributed by atoms with Gasteiger partial charge < -0.3 is 5.11 Å². The molecule has 16 heavy (non-hydrogen) atoms. The normalized spacial score (nSPS) is 10.9. The summed E-state index contributed by atoms with van der Waals surface area (Å²) >= 11 is 1.30. The summed E-state index contributed by atoms with van der Waals surface area (Å²) in [4.78, 5) is 10.7. The molecule has 0 aliphatic carbocycles. The zero-order valence-corrected chi connectivity index (χ0v) is 10.4. The second kappa shape index (κ2) is 6.51. The van der Waals surface area contributed by atoms with Gasteiger partial charge in [0, 0.05) is 12.7 Å². The summed E-state index contributed by atoms with van der Waals surface area (Å²) in [6.07, 6.45) is 3.99. The first-order valence-corrected chi connectivity index (χ1v) is 6.12. The molecule has 1 aromatic carbocycles. The van der Waals surface area contributed by atoms with E-state index in [1.54, 1.807) is 6.92 Å². The van der Waals surface area contributed by atoms with E-state index in [0.29, 0.717) is 5.75 Å². The van der Waals surface area contributed by atoms with Crippen molar-refractivity contribution < 1.29 is 9.90 Å². The van der Waals surface area contributed by atoms with Crippen LogP contribution in [0.15, 0.2) is 24.3 Å². The van der Waals surface area contributed by atoms with Crippen LogP contribution in [-0.2, 0) is 11.4 Å². The average Bonchev–Trinajstić information content (AvgIpc) is 2.25. The van der Waals surface area contributed by atoms with Crippen LogP contribution in [0.5, 0.6) is 0 Å². The Labute approximate surface area is 100 Å². The number of rotatable bonds is 4. The molecular weight excluding hydrogens is 220 g/mol. The second-order valence-electron chi connectivity index (χ2n) is 3.55. The Balaban J connectivity index is 2.63. The van der Waals surface area contributed by atoms with Crippen LogP contribution in [-0.4, -0.2) is 16.0 Å². The Morgan fingerprint density at radius 1 is 1.50 bits per heavy atom. The highest BCUT2D eigenvalue weighted by Crippen LogP contribution is 2.13. The first kappa shape index (κ1) is 13.0. The zero-order valence-electron chi connectivity index (χ0n) is 9.56. The molecule has 2 nitrogen and oxygen atoms in total. The zero-order chi connectivity index (χ0) is 12.0. The van der Waals surface area contributed by atoms with E-state index in [1.807, 2.05) is 37.3 Å². The van der Waals surface area contributed by atoms with Gasteiger partial charge in [0.05, 0.1) is 6.61 Å². The summed E-state index contributed by atoms with van der Waals surface area (Å²) < 4.78 is 0. The van der Waals surface area contributed by atoms with Crippen LogP contribution in [0.25, 0.3) is 6.08 Å². The lowest BCUT2D eigenvalue weighted by Gasteiger charge is -2.02. The number of benzene rings is 1. The minimum absolute atomic E-state index is 0.0744. The van der Waals surface area contributed by atoms with Gasteiger partial charge in [0.25, 0.3) is 0 Å². The highest BCUT2D eigenvalue weighted by Gasteiger charge is 1.96. The summed E-state index contributed by atoms with van der Waals surface area (Å²) in [6.45, 7) is 3.65. The number of hydrogen-bond acceptors (Lipinski definition) is 3. The first-order chi connectivity index (χ1) is 7.63. The van der Waals surface area contributed by atoms with Crippen LogP contribution >= 0.6 is 11.8 Å². The van der Waals surface area contributed by atoms with Crippen molar-refractivity contribution in [2.45, 2.75) is 20.5 Å². The highest BCUT2D eigenvalue weighted by molar-refractivity contribution is 8.13. The molecule has 0 radical (unpaired) electrons. The summed E-state index contributed by atoms with van der Waals surface area (Å²) in [5.41, 5.74) is 3.18. The smallest absolute Gasteiger partial charge is 0.186 e. The molecular formula is C13H16O2S. The summed E-state index contributed by atoms with van der Waals surface area (Å²) in [5, 5.41) is 9.11. The Hall–Kier alpha value is -1.06. The molecule has 0 aliphatic heterocycles. The number of carbonyl (C=O) groups excluding carboxylic acids is 1. The average molecular weight is 236 g/mol. The predicted octanol–water partition coefficient (Wildman–Crippen LogP) is 2.78. The van der Waals surface area contributed by atoms with Crippen molar-refractivity contribution in [2.75, 3.05) is 5.75 Å². The van der Waals surface area contributed by atoms with E-state index in [1.165, 1.54) is 11.8 Å². The van der Waals surface area contributed by atoms with Gasteiger partial charge in [-0.3, -0.25) is 4.79 Å².